The molecule has 8 heteroatoms. The quantitative estimate of drug-likeness (QED) is 0.560. The van der Waals surface area contributed by atoms with Crippen LogP contribution in [0.2, 0.25) is 0 Å². The summed E-state index contributed by atoms with van der Waals surface area (Å²) >= 11 is 0. The van der Waals surface area contributed by atoms with Gasteiger partial charge in [0.05, 0.1) is 10.3 Å². The molecule has 0 saturated heterocycles. The van der Waals surface area contributed by atoms with Crippen molar-refractivity contribution in [2.24, 2.45) is 22.4 Å². The fourth-order valence-electron chi connectivity index (χ4n) is 7.22. The van der Waals surface area contributed by atoms with Gasteiger partial charge in [0.1, 0.15) is 0 Å². The van der Waals surface area contributed by atoms with Gasteiger partial charge in [-0.15, -0.1) is 0 Å². The summed E-state index contributed by atoms with van der Waals surface area (Å²) in [4.78, 5) is 26.4. The predicted molar refractivity (Wildman–Crippen MR) is 137 cm³/mol. The summed E-state index contributed by atoms with van der Waals surface area (Å²) in [5, 5.41) is 7.82. The van der Waals surface area contributed by atoms with Crippen molar-refractivity contribution in [3.63, 3.8) is 0 Å². The van der Waals surface area contributed by atoms with E-state index in [9.17, 15) is 18.0 Å². The van der Waals surface area contributed by atoms with E-state index in [-0.39, 0.29) is 16.3 Å². The maximum absolute atomic E-state index is 13.6. The fourth-order valence-corrected chi connectivity index (χ4v) is 7.74. The van der Waals surface area contributed by atoms with E-state index < -0.39 is 27.4 Å². The smallest absolute Gasteiger partial charge is 0.312 e. The number of rotatable bonds is 6. The normalized spacial score (nSPS) is 29.6. The molecule has 2 aromatic carbocycles. The highest BCUT2D eigenvalue weighted by Gasteiger charge is 2.61. The Labute approximate surface area is 212 Å². The molecule has 0 heterocycles. The number of primary sulfonamides is 1. The van der Waals surface area contributed by atoms with Crippen LogP contribution in [-0.4, -0.2) is 26.4 Å². The van der Waals surface area contributed by atoms with Gasteiger partial charge in [0.2, 0.25) is 10.0 Å². The SMILES string of the molecule is Cc1ccc(C23C[C@H]4C[C@@H](CC(C(=O)O[C@H](C)C(=O)Nc5ccc(S(N)(=O)=O)cc5)(C4)C2)C3)cc1C. The second-order valence-corrected chi connectivity index (χ2v) is 13.0. The van der Waals surface area contributed by atoms with E-state index in [0.29, 0.717) is 17.5 Å². The predicted octanol–water partition coefficient (Wildman–Crippen LogP) is 4.36. The second-order valence-electron chi connectivity index (χ2n) is 11.4. The molecular weight excluding hydrogens is 476 g/mol. The third kappa shape index (κ3) is 4.45. The molecule has 4 saturated carbocycles. The molecule has 4 bridgehead atoms. The number of ether oxygens (including phenoxy) is 1. The molecule has 0 spiro atoms. The lowest BCUT2D eigenvalue weighted by Crippen LogP contribution is -2.57. The molecule has 3 N–H and O–H groups in total. The summed E-state index contributed by atoms with van der Waals surface area (Å²) in [7, 11) is -3.81. The molecule has 7 nitrogen and oxygen atoms in total. The molecule has 2 aromatic rings. The first-order valence-corrected chi connectivity index (χ1v) is 14.2. The summed E-state index contributed by atoms with van der Waals surface area (Å²) in [6, 6.07) is 12.3. The van der Waals surface area contributed by atoms with Gasteiger partial charge in [0.25, 0.3) is 5.91 Å². The molecule has 1 amide bonds. The van der Waals surface area contributed by atoms with E-state index in [0.717, 1.165) is 32.1 Å². The Hall–Kier alpha value is -2.71. The third-order valence-electron chi connectivity index (χ3n) is 8.72. The molecule has 192 valence electrons. The van der Waals surface area contributed by atoms with Crippen molar-refractivity contribution in [1.29, 1.82) is 0 Å². The van der Waals surface area contributed by atoms with Crippen LogP contribution < -0.4 is 10.5 Å². The van der Waals surface area contributed by atoms with E-state index in [1.807, 2.05) is 0 Å². The van der Waals surface area contributed by atoms with E-state index in [4.69, 9.17) is 9.88 Å². The average Bonchev–Trinajstić information content (AvgIpc) is 2.79. The summed E-state index contributed by atoms with van der Waals surface area (Å²) in [5.41, 5.74) is 3.75. The second kappa shape index (κ2) is 8.70. The minimum absolute atomic E-state index is 0.00185. The zero-order chi connectivity index (χ0) is 25.9. The number of carbonyl (C=O) groups excluding carboxylic acids is 2. The first kappa shape index (κ1) is 25.0. The maximum Gasteiger partial charge on any atom is 0.312 e. The van der Waals surface area contributed by atoms with Gasteiger partial charge in [-0.1, -0.05) is 18.2 Å². The largest absolute Gasteiger partial charge is 0.452 e. The lowest BCUT2D eigenvalue weighted by atomic mass is 9.43. The number of esters is 1. The number of hydrogen-bond donors (Lipinski definition) is 2. The Morgan fingerprint density at radius 1 is 1.00 bits per heavy atom. The van der Waals surface area contributed by atoms with Gasteiger partial charge >= 0.3 is 5.97 Å². The van der Waals surface area contributed by atoms with Crippen LogP contribution in [0.5, 0.6) is 0 Å². The molecule has 3 atom stereocenters. The molecule has 0 aliphatic heterocycles. The van der Waals surface area contributed by atoms with Crippen LogP contribution in [0, 0.1) is 31.1 Å². The molecule has 0 radical (unpaired) electrons. The summed E-state index contributed by atoms with van der Waals surface area (Å²) in [6.45, 7) is 5.84. The Morgan fingerprint density at radius 3 is 2.22 bits per heavy atom. The zero-order valence-corrected chi connectivity index (χ0v) is 21.9. The lowest BCUT2D eigenvalue weighted by Gasteiger charge is -2.61. The van der Waals surface area contributed by atoms with E-state index in [1.54, 1.807) is 6.92 Å². The van der Waals surface area contributed by atoms with Gasteiger partial charge in [-0.3, -0.25) is 9.59 Å². The lowest BCUT2D eigenvalue weighted by molar-refractivity contribution is -0.180. The fraction of sp³-hybridized carbons (Fsp3) is 0.500. The number of anilines is 1. The average molecular weight is 511 g/mol. The first-order chi connectivity index (χ1) is 16.9. The minimum Gasteiger partial charge on any atom is -0.452 e. The molecular formula is C28H34N2O5S. The first-order valence-electron chi connectivity index (χ1n) is 12.6. The van der Waals surface area contributed by atoms with Crippen LogP contribution in [0.15, 0.2) is 47.4 Å². The highest BCUT2D eigenvalue weighted by atomic mass is 32.2. The van der Waals surface area contributed by atoms with E-state index >= 15 is 0 Å². The van der Waals surface area contributed by atoms with Gasteiger partial charge < -0.3 is 10.1 Å². The molecule has 0 unspecified atom stereocenters. The number of nitrogens with two attached hydrogens (primary N) is 1. The van der Waals surface area contributed by atoms with Gasteiger partial charge in [0, 0.05) is 5.69 Å². The minimum atomic E-state index is -3.81. The van der Waals surface area contributed by atoms with Crippen molar-refractivity contribution in [2.45, 2.75) is 75.7 Å². The third-order valence-corrected chi connectivity index (χ3v) is 9.65. The maximum atomic E-state index is 13.6. The molecule has 6 rings (SSSR count). The molecule has 4 aliphatic rings. The van der Waals surface area contributed by atoms with Crippen LogP contribution >= 0.6 is 0 Å². The summed E-state index contributed by atoms with van der Waals surface area (Å²) in [6.07, 6.45) is 4.87. The summed E-state index contributed by atoms with van der Waals surface area (Å²) < 4.78 is 28.7. The Kier molecular flexibility index (Phi) is 6.03. The van der Waals surface area contributed by atoms with Crippen LogP contribution in [0.1, 0.15) is 62.1 Å². The summed E-state index contributed by atoms with van der Waals surface area (Å²) in [5.74, 6) is 0.279. The van der Waals surface area contributed by atoms with E-state index in [2.05, 4.69) is 37.4 Å². The number of nitrogens with one attached hydrogen (secondary N) is 1. The number of benzene rings is 2. The molecule has 0 aromatic heterocycles. The highest BCUT2D eigenvalue weighted by Crippen LogP contribution is 2.66. The number of sulfonamides is 1. The van der Waals surface area contributed by atoms with Crippen LogP contribution in [0.3, 0.4) is 0 Å². The van der Waals surface area contributed by atoms with Crippen molar-refractivity contribution in [3.8, 4) is 0 Å². The van der Waals surface area contributed by atoms with Crippen molar-refractivity contribution >= 4 is 27.6 Å². The van der Waals surface area contributed by atoms with Crippen LogP contribution in [0.4, 0.5) is 5.69 Å². The molecule has 4 fully saturated rings. The van der Waals surface area contributed by atoms with Gasteiger partial charge in [-0.25, -0.2) is 13.6 Å². The van der Waals surface area contributed by atoms with Gasteiger partial charge in [0.15, 0.2) is 6.10 Å². The Morgan fingerprint density at radius 2 is 1.64 bits per heavy atom. The van der Waals surface area contributed by atoms with Crippen LogP contribution in [0.25, 0.3) is 0 Å². The van der Waals surface area contributed by atoms with Gasteiger partial charge in [-0.2, -0.15) is 0 Å². The van der Waals surface area contributed by atoms with Crippen molar-refractivity contribution in [2.75, 3.05) is 5.32 Å². The number of hydrogen-bond acceptors (Lipinski definition) is 5. The van der Waals surface area contributed by atoms with Crippen molar-refractivity contribution < 1.29 is 22.7 Å². The number of amides is 1. The van der Waals surface area contributed by atoms with Crippen molar-refractivity contribution in [1.82, 2.24) is 0 Å². The van der Waals surface area contributed by atoms with Crippen LogP contribution in [-0.2, 0) is 29.8 Å². The molecule has 4 aliphatic carbocycles. The Balaban J connectivity index is 1.30. The Bertz CT molecular complexity index is 1300. The zero-order valence-electron chi connectivity index (χ0n) is 21.0. The van der Waals surface area contributed by atoms with E-state index in [1.165, 1.54) is 47.4 Å². The number of aryl methyl sites for hydroxylation is 2. The van der Waals surface area contributed by atoms with Crippen molar-refractivity contribution in [3.05, 3.63) is 59.2 Å². The number of carbonyl (C=O) groups is 2. The topological polar surface area (TPSA) is 116 Å². The monoisotopic (exact) mass is 510 g/mol. The highest BCUT2D eigenvalue weighted by molar-refractivity contribution is 7.89. The van der Waals surface area contributed by atoms with Gasteiger partial charge in [-0.05, 0) is 118 Å². The molecule has 36 heavy (non-hydrogen) atoms. The standard InChI is InChI=1S/C28H34N2O5S/c1-17-4-5-22(10-18(17)2)27-12-20-11-21(13-27)15-28(14-20,16-27)26(32)35-19(3)25(31)30-23-6-8-24(9-7-23)36(29,33)34/h4-10,19-21H,11-16H2,1-3H3,(H,30,31)(H2,29,33,34)/t19-,20-,21-,27?,28?/m1/s1.